The Balaban J connectivity index is 2.34. The second kappa shape index (κ2) is 7.06. The number of hydrogen-bond donors (Lipinski definition) is 2. The zero-order chi connectivity index (χ0) is 17.0. The van der Waals surface area contributed by atoms with Crippen LogP contribution in [0.15, 0.2) is 27.4 Å². The van der Waals surface area contributed by atoms with Crippen molar-refractivity contribution in [2.24, 2.45) is 0 Å². The Morgan fingerprint density at radius 3 is 2.70 bits per heavy atom. The first-order valence-corrected chi connectivity index (χ1v) is 7.09. The first-order valence-electron chi connectivity index (χ1n) is 7.09. The molecule has 122 valence electrons. The average molecular weight is 319 g/mol. The van der Waals surface area contributed by atoms with E-state index >= 15 is 0 Å². The van der Waals surface area contributed by atoms with Gasteiger partial charge < -0.3 is 19.6 Å². The molecule has 0 fully saturated rings. The smallest absolute Gasteiger partial charge is 0.347 e. The number of ketones is 1. The van der Waals surface area contributed by atoms with Crippen LogP contribution in [-0.2, 0) is 16.1 Å². The van der Waals surface area contributed by atoms with Crippen molar-refractivity contribution in [2.45, 2.75) is 20.4 Å². The van der Waals surface area contributed by atoms with Crippen molar-refractivity contribution >= 4 is 22.7 Å². The fourth-order valence-electron chi connectivity index (χ4n) is 2.18. The SMILES string of the molecule is CCOC(=O)CNCc1cc(O)cc2oc(=O)c(C(C)=O)cc12. The van der Waals surface area contributed by atoms with Crippen molar-refractivity contribution in [1.82, 2.24) is 5.32 Å². The predicted molar refractivity (Wildman–Crippen MR) is 82.5 cm³/mol. The van der Waals surface area contributed by atoms with Gasteiger partial charge in [0, 0.05) is 18.0 Å². The highest BCUT2D eigenvalue weighted by Gasteiger charge is 2.13. The Morgan fingerprint density at radius 2 is 2.04 bits per heavy atom. The number of carbonyl (C=O) groups is 2. The first-order chi connectivity index (χ1) is 10.9. The molecule has 0 spiro atoms. The summed E-state index contributed by atoms with van der Waals surface area (Å²) >= 11 is 0. The molecule has 7 nitrogen and oxygen atoms in total. The lowest BCUT2D eigenvalue weighted by Crippen LogP contribution is -2.24. The number of phenols is 1. The highest BCUT2D eigenvalue weighted by Crippen LogP contribution is 2.24. The molecular formula is C16H17NO6. The first kappa shape index (κ1) is 16.7. The molecule has 1 heterocycles. The molecule has 2 aromatic rings. The van der Waals surface area contributed by atoms with Gasteiger partial charge in [0.05, 0.1) is 13.2 Å². The lowest BCUT2D eigenvalue weighted by molar-refractivity contribution is -0.142. The lowest BCUT2D eigenvalue weighted by Gasteiger charge is -2.09. The third kappa shape index (κ3) is 3.95. The van der Waals surface area contributed by atoms with Crippen molar-refractivity contribution in [3.63, 3.8) is 0 Å². The summed E-state index contributed by atoms with van der Waals surface area (Å²) in [5.41, 5.74) is -0.0423. The van der Waals surface area contributed by atoms with Gasteiger partial charge in [0.1, 0.15) is 16.9 Å². The molecule has 0 aliphatic rings. The summed E-state index contributed by atoms with van der Waals surface area (Å²) in [5, 5.41) is 13.1. The minimum atomic E-state index is -0.749. The maximum absolute atomic E-state index is 11.7. The highest BCUT2D eigenvalue weighted by molar-refractivity contribution is 5.97. The molecule has 2 rings (SSSR count). The molecule has 0 atom stereocenters. The average Bonchev–Trinajstić information content (AvgIpc) is 2.46. The van der Waals surface area contributed by atoms with Crippen molar-refractivity contribution < 1.29 is 23.8 Å². The second-order valence-corrected chi connectivity index (χ2v) is 4.93. The molecule has 0 amide bonds. The van der Waals surface area contributed by atoms with Crippen LogP contribution in [0.3, 0.4) is 0 Å². The quantitative estimate of drug-likeness (QED) is 0.470. The van der Waals surface area contributed by atoms with E-state index in [2.05, 4.69) is 5.32 Å². The number of ether oxygens (including phenoxy) is 1. The molecule has 0 radical (unpaired) electrons. The molecule has 0 aliphatic heterocycles. The number of hydrogen-bond acceptors (Lipinski definition) is 7. The molecule has 23 heavy (non-hydrogen) atoms. The van der Waals surface area contributed by atoms with Crippen molar-refractivity contribution in [3.8, 4) is 5.75 Å². The lowest BCUT2D eigenvalue weighted by atomic mass is 10.1. The van der Waals surface area contributed by atoms with Crippen LogP contribution in [0.4, 0.5) is 0 Å². The standard InChI is InChI=1S/C16H17NO6/c1-3-22-15(20)8-17-7-10-4-11(19)5-14-13(10)6-12(9(2)18)16(21)23-14/h4-6,17,19H,3,7-8H2,1-2H3. The van der Waals surface area contributed by atoms with Gasteiger partial charge in [0.25, 0.3) is 0 Å². The fourth-order valence-corrected chi connectivity index (χ4v) is 2.18. The van der Waals surface area contributed by atoms with Crippen molar-refractivity contribution in [2.75, 3.05) is 13.2 Å². The normalized spacial score (nSPS) is 10.7. The molecule has 0 saturated carbocycles. The number of carbonyl (C=O) groups excluding carboxylic acids is 2. The van der Waals surface area contributed by atoms with Crippen LogP contribution in [0.25, 0.3) is 11.0 Å². The number of nitrogens with one attached hydrogen (secondary N) is 1. The molecular weight excluding hydrogens is 302 g/mol. The summed E-state index contributed by atoms with van der Waals surface area (Å²) in [4.78, 5) is 34.5. The van der Waals surface area contributed by atoms with Gasteiger partial charge in [-0.15, -0.1) is 0 Å². The number of rotatable bonds is 6. The Morgan fingerprint density at radius 1 is 1.30 bits per heavy atom. The van der Waals surface area contributed by atoms with Crippen LogP contribution in [0.1, 0.15) is 29.8 Å². The van der Waals surface area contributed by atoms with Crippen molar-refractivity contribution in [1.29, 1.82) is 0 Å². The number of aromatic hydroxyl groups is 1. The highest BCUT2D eigenvalue weighted by atomic mass is 16.5. The van der Waals surface area contributed by atoms with Crippen LogP contribution in [-0.4, -0.2) is 30.0 Å². The van der Waals surface area contributed by atoms with E-state index in [1.807, 2.05) is 0 Å². The molecule has 7 heteroatoms. The summed E-state index contributed by atoms with van der Waals surface area (Å²) in [6.07, 6.45) is 0. The summed E-state index contributed by atoms with van der Waals surface area (Å²) in [6.45, 7) is 3.52. The number of fused-ring (bicyclic) bond motifs is 1. The van der Waals surface area contributed by atoms with Gasteiger partial charge in [-0.05, 0) is 31.5 Å². The molecule has 0 aliphatic carbocycles. The van der Waals surface area contributed by atoms with Gasteiger partial charge in [-0.25, -0.2) is 4.79 Å². The summed E-state index contributed by atoms with van der Waals surface area (Å²) < 4.78 is 9.89. The van der Waals surface area contributed by atoms with Gasteiger partial charge in [0.15, 0.2) is 5.78 Å². The van der Waals surface area contributed by atoms with Gasteiger partial charge in [0.2, 0.25) is 0 Å². The van der Waals surface area contributed by atoms with Crippen LogP contribution in [0.5, 0.6) is 5.75 Å². The molecule has 1 aromatic heterocycles. The van der Waals surface area contributed by atoms with E-state index in [0.717, 1.165) is 0 Å². The Hall–Kier alpha value is -2.67. The number of benzene rings is 1. The number of Topliss-reactive ketones (excluding diaryl/α,β-unsaturated/α-hetero) is 1. The largest absolute Gasteiger partial charge is 0.508 e. The van der Waals surface area contributed by atoms with Crippen LogP contribution in [0.2, 0.25) is 0 Å². The molecule has 0 unspecified atom stereocenters. The van der Waals surface area contributed by atoms with E-state index in [1.54, 1.807) is 6.92 Å². The predicted octanol–water partition coefficient (Wildman–Crippen LogP) is 1.35. The van der Waals surface area contributed by atoms with E-state index in [9.17, 15) is 19.5 Å². The summed E-state index contributed by atoms with van der Waals surface area (Å²) in [5.74, 6) is -0.878. The third-order valence-electron chi connectivity index (χ3n) is 3.19. The number of phenolic OH excluding ortho intramolecular Hbond substituents is 1. The number of esters is 1. The third-order valence-corrected chi connectivity index (χ3v) is 3.19. The monoisotopic (exact) mass is 319 g/mol. The Kier molecular flexibility index (Phi) is 5.13. The second-order valence-electron chi connectivity index (χ2n) is 4.93. The van der Waals surface area contributed by atoms with Crippen molar-refractivity contribution in [3.05, 3.63) is 39.7 Å². The van der Waals surface area contributed by atoms with E-state index < -0.39 is 17.4 Å². The van der Waals surface area contributed by atoms with Crippen LogP contribution < -0.4 is 10.9 Å². The van der Waals surface area contributed by atoms with Gasteiger partial charge in [-0.3, -0.25) is 9.59 Å². The minimum Gasteiger partial charge on any atom is -0.508 e. The molecule has 0 saturated heterocycles. The summed E-state index contributed by atoms with van der Waals surface area (Å²) in [7, 11) is 0. The van der Waals surface area contributed by atoms with Crippen LogP contribution >= 0.6 is 0 Å². The van der Waals surface area contributed by atoms with E-state index in [4.69, 9.17) is 9.15 Å². The van der Waals surface area contributed by atoms with Crippen LogP contribution in [0, 0.1) is 0 Å². The Bertz CT molecular complexity index is 808. The van der Waals surface area contributed by atoms with Gasteiger partial charge >= 0.3 is 11.6 Å². The zero-order valence-electron chi connectivity index (χ0n) is 12.8. The molecule has 1 aromatic carbocycles. The summed E-state index contributed by atoms with van der Waals surface area (Å²) in [6, 6.07) is 4.21. The van der Waals surface area contributed by atoms with E-state index in [-0.39, 0.29) is 30.0 Å². The van der Waals surface area contributed by atoms with E-state index in [0.29, 0.717) is 17.6 Å². The van der Waals surface area contributed by atoms with Gasteiger partial charge in [-0.2, -0.15) is 0 Å². The van der Waals surface area contributed by atoms with E-state index in [1.165, 1.54) is 25.1 Å². The van der Waals surface area contributed by atoms with Gasteiger partial charge in [-0.1, -0.05) is 0 Å². The molecule has 0 bridgehead atoms. The fraction of sp³-hybridized carbons (Fsp3) is 0.312. The minimum absolute atomic E-state index is 0.00133. The maximum atomic E-state index is 11.7. The maximum Gasteiger partial charge on any atom is 0.347 e. The molecule has 2 N–H and O–H groups in total. The topological polar surface area (TPSA) is 106 Å². The zero-order valence-corrected chi connectivity index (χ0v) is 12.8. The Labute approximate surface area is 131 Å².